The molecule has 1 aromatic carbocycles. The van der Waals surface area contributed by atoms with Gasteiger partial charge >= 0.3 is 0 Å². The minimum absolute atomic E-state index is 0. The van der Waals surface area contributed by atoms with E-state index in [1.807, 2.05) is 46.5 Å². The molecule has 0 N–H and O–H groups in total. The van der Waals surface area contributed by atoms with Crippen molar-refractivity contribution in [3.8, 4) is 0 Å². The van der Waals surface area contributed by atoms with Gasteiger partial charge in [-0.3, -0.25) is 4.79 Å². The molecule has 0 aliphatic carbocycles. The minimum atomic E-state index is -0.416. The average molecular weight is 555 g/mol. The topological polar surface area (TPSA) is 32.8 Å². The first-order chi connectivity index (χ1) is 14.0. The van der Waals surface area contributed by atoms with E-state index in [0.717, 1.165) is 18.4 Å². The first-order valence-corrected chi connectivity index (χ1v) is 11.5. The average Bonchev–Trinajstić information content (AvgIpc) is 3.35. The summed E-state index contributed by atoms with van der Waals surface area (Å²) < 4.78 is 6.74. The Morgan fingerprint density at radius 2 is 1.90 bits per heavy atom. The molecule has 0 bridgehead atoms. The fourth-order valence-corrected chi connectivity index (χ4v) is 4.43. The highest BCUT2D eigenvalue weighted by Gasteiger charge is 2.30. The number of alkyl halides is 1. The zero-order chi connectivity index (χ0) is 20.8. The van der Waals surface area contributed by atoms with Crippen LogP contribution in [0.5, 0.6) is 0 Å². The van der Waals surface area contributed by atoms with Crippen LogP contribution >= 0.6 is 63.1 Å². The monoisotopic (exact) mass is 552 g/mol. The summed E-state index contributed by atoms with van der Waals surface area (Å²) in [6.45, 7) is 3.54. The number of carbonyl (C=O) groups excluding carboxylic acids is 1. The summed E-state index contributed by atoms with van der Waals surface area (Å²) in [6, 6.07) is 11.1. The molecule has 9 heteroatoms. The lowest BCUT2D eigenvalue weighted by molar-refractivity contribution is 0.0164. The second-order valence-corrected chi connectivity index (χ2v) is 9.40. The molecule has 2 heterocycles. The molecule has 2 unspecified atom stereocenters. The fourth-order valence-electron chi connectivity index (χ4n) is 2.99. The molecule has 4 nitrogen and oxygen atoms in total. The van der Waals surface area contributed by atoms with Gasteiger partial charge in [0.25, 0.3) is 0 Å². The predicted octanol–water partition coefficient (Wildman–Crippen LogP) is 6.98. The standard InChI is InChI=1S/C21H23Cl3N2O2S.BrH/c1-2-3-12-28-20(15-4-6-16(22)7-5-15)21(24)26-11-10-25(14-26)13-17(27)18-8-9-19(23)29-18;/h4-11,20-21H,2-3,12-14H2,1H3;1H. The Balaban J connectivity index is 0.00000320. The second-order valence-electron chi connectivity index (χ2n) is 6.80. The van der Waals surface area contributed by atoms with Gasteiger partial charge in [-0.25, -0.2) is 0 Å². The van der Waals surface area contributed by atoms with Gasteiger partial charge in [0, 0.05) is 24.0 Å². The SMILES string of the molecule is Br.CCCCOC(c1ccc(Cl)cc1)C(Cl)N1C=CN(CC(=O)c2ccc(Cl)s2)C1. The van der Waals surface area contributed by atoms with E-state index >= 15 is 0 Å². The van der Waals surface area contributed by atoms with Crippen LogP contribution in [-0.2, 0) is 4.74 Å². The molecule has 3 rings (SSSR count). The summed E-state index contributed by atoms with van der Waals surface area (Å²) in [5, 5.41) is 0.673. The lowest BCUT2D eigenvalue weighted by atomic mass is 10.1. The number of hydrogen-bond acceptors (Lipinski definition) is 5. The van der Waals surface area contributed by atoms with E-state index in [1.54, 1.807) is 12.1 Å². The van der Waals surface area contributed by atoms with Crippen LogP contribution in [0.1, 0.15) is 41.1 Å². The molecule has 0 spiro atoms. The van der Waals surface area contributed by atoms with Gasteiger partial charge in [0.05, 0.1) is 22.4 Å². The number of rotatable bonds is 10. The van der Waals surface area contributed by atoms with Gasteiger partial charge in [0.15, 0.2) is 5.78 Å². The van der Waals surface area contributed by atoms with E-state index in [2.05, 4.69) is 6.92 Å². The van der Waals surface area contributed by atoms with Gasteiger partial charge in [-0.1, -0.05) is 60.3 Å². The van der Waals surface area contributed by atoms with Gasteiger partial charge in [0.2, 0.25) is 0 Å². The van der Waals surface area contributed by atoms with E-state index in [4.69, 9.17) is 39.5 Å². The highest BCUT2D eigenvalue weighted by molar-refractivity contribution is 8.93. The maximum absolute atomic E-state index is 12.4. The maximum Gasteiger partial charge on any atom is 0.192 e. The molecule has 1 aromatic heterocycles. The number of unbranched alkanes of at least 4 members (excludes halogenated alkanes) is 1. The number of ketones is 1. The summed E-state index contributed by atoms with van der Waals surface area (Å²) >= 11 is 20.1. The first-order valence-electron chi connectivity index (χ1n) is 9.45. The van der Waals surface area contributed by atoms with Crippen LogP contribution < -0.4 is 0 Å². The smallest absolute Gasteiger partial charge is 0.192 e. The van der Waals surface area contributed by atoms with E-state index in [9.17, 15) is 4.79 Å². The molecular formula is C21H24BrCl3N2O2S. The van der Waals surface area contributed by atoms with Crippen LogP contribution in [0.2, 0.25) is 9.36 Å². The van der Waals surface area contributed by atoms with Crippen LogP contribution in [0, 0.1) is 0 Å². The fraction of sp³-hybridized carbons (Fsp3) is 0.381. The third-order valence-electron chi connectivity index (χ3n) is 4.57. The minimum Gasteiger partial charge on any atom is -0.370 e. The zero-order valence-electron chi connectivity index (χ0n) is 16.5. The third-order valence-corrected chi connectivity index (χ3v) is 6.57. The van der Waals surface area contributed by atoms with E-state index < -0.39 is 5.50 Å². The van der Waals surface area contributed by atoms with Crippen molar-refractivity contribution in [2.24, 2.45) is 0 Å². The molecule has 2 aromatic rings. The number of halogens is 4. The van der Waals surface area contributed by atoms with E-state index in [0.29, 0.717) is 27.5 Å². The van der Waals surface area contributed by atoms with Crippen molar-refractivity contribution < 1.29 is 9.53 Å². The van der Waals surface area contributed by atoms with Crippen molar-refractivity contribution in [3.05, 3.63) is 68.6 Å². The maximum atomic E-state index is 12.4. The van der Waals surface area contributed by atoms with Crippen LogP contribution in [0.4, 0.5) is 0 Å². The quantitative estimate of drug-likeness (QED) is 0.137. The third kappa shape index (κ3) is 6.87. The Morgan fingerprint density at radius 3 is 2.53 bits per heavy atom. The molecule has 1 aliphatic heterocycles. The Hall–Kier alpha value is -0.760. The number of carbonyl (C=O) groups is 1. The Bertz CT molecular complexity index is 847. The van der Waals surface area contributed by atoms with Gasteiger partial charge < -0.3 is 14.5 Å². The van der Waals surface area contributed by atoms with Crippen molar-refractivity contribution in [1.29, 1.82) is 0 Å². The normalized spacial score (nSPS) is 15.2. The Morgan fingerprint density at radius 1 is 1.17 bits per heavy atom. The van der Waals surface area contributed by atoms with Crippen LogP contribution in [0.25, 0.3) is 0 Å². The summed E-state index contributed by atoms with van der Waals surface area (Å²) in [5.74, 6) is 0.0352. The van der Waals surface area contributed by atoms with Crippen molar-refractivity contribution in [1.82, 2.24) is 9.80 Å². The van der Waals surface area contributed by atoms with Crippen LogP contribution in [-0.4, -0.2) is 40.9 Å². The highest BCUT2D eigenvalue weighted by Crippen LogP contribution is 2.31. The Labute approximate surface area is 207 Å². The predicted molar refractivity (Wildman–Crippen MR) is 131 cm³/mol. The molecule has 30 heavy (non-hydrogen) atoms. The van der Waals surface area contributed by atoms with Gasteiger partial charge in [-0.05, 0) is 36.2 Å². The molecule has 0 saturated heterocycles. The van der Waals surface area contributed by atoms with Gasteiger partial charge in [-0.15, -0.1) is 28.3 Å². The van der Waals surface area contributed by atoms with Crippen LogP contribution in [0.3, 0.4) is 0 Å². The molecular weight excluding hydrogens is 531 g/mol. The molecule has 0 saturated carbocycles. The second kappa shape index (κ2) is 12.3. The Kier molecular flexibility index (Phi) is 10.5. The summed E-state index contributed by atoms with van der Waals surface area (Å²) in [5.41, 5.74) is 0.558. The molecule has 0 fully saturated rings. The molecule has 1 aliphatic rings. The highest BCUT2D eigenvalue weighted by atomic mass is 79.9. The lowest BCUT2D eigenvalue weighted by Crippen LogP contribution is -2.37. The number of Topliss-reactive ketones (excluding diaryl/α,β-unsaturated/α-hetero) is 1. The molecule has 0 radical (unpaired) electrons. The molecule has 0 amide bonds. The van der Waals surface area contributed by atoms with Crippen molar-refractivity contribution in [3.63, 3.8) is 0 Å². The van der Waals surface area contributed by atoms with Crippen LogP contribution in [0.15, 0.2) is 48.8 Å². The van der Waals surface area contributed by atoms with Crippen molar-refractivity contribution in [2.45, 2.75) is 31.4 Å². The van der Waals surface area contributed by atoms with E-state index in [1.165, 1.54) is 11.3 Å². The largest absolute Gasteiger partial charge is 0.370 e. The summed E-state index contributed by atoms with van der Waals surface area (Å²) in [7, 11) is 0. The number of benzene rings is 1. The molecule has 164 valence electrons. The molecule has 2 atom stereocenters. The summed E-state index contributed by atoms with van der Waals surface area (Å²) in [6.07, 6.45) is 5.49. The first kappa shape index (κ1) is 25.5. The summed E-state index contributed by atoms with van der Waals surface area (Å²) in [4.78, 5) is 17.0. The van der Waals surface area contributed by atoms with Crippen molar-refractivity contribution in [2.75, 3.05) is 19.8 Å². The lowest BCUT2D eigenvalue weighted by Gasteiger charge is -2.31. The number of nitrogens with zero attached hydrogens (tertiary/aromatic N) is 2. The van der Waals surface area contributed by atoms with E-state index in [-0.39, 0.29) is 35.4 Å². The number of hydrogen-bond donors (Lipinski definition) is 0. The van der Waals surface area contributed by atoms with Crippen molar-refractivity contribution >= 4 is 68.9 Å². The van der Waals surface area contributed by atoms with Gasteiger partial charge in [-0.2, -0.15) is 0 Å². The number of thiophene rings is 1. The van der Waals surface area contributed by atoms with Gasteiger partial charge in [0.1, 0.15) is 11.6 Å². The zero-order valence-corrected chi connectivity index (χ0v) is 21.3. The number of ether oxygens (including phenoxy) is 1.